The molecule has 0 amide bonds. The molecular weight excluding hydrogens is 310 g/mol. The van der Waals surface area contributed by atoms with Crippen LogP contribution < -0.4 is 5.73 Å². The Morgan fingerprint density at radius 1 is 1.00 bits per heavy atom. The third kappa shape index (κ3) is 3.31. The number of halogens is 1. The van der Waals surface area contributed by atoms with E-state index in [1.165, 1.54) is 27.8 Å². The van der Waals surface area contributed by atoms with Crippen molar-refractivity contribution < 1.29 is 0 Å². The van der Waals surface area contributed by atoms with Crippen LogP contribution in [0.1, 0.15) is 34.7 Å². The van der Waals surface area contributed by atoms with Crippen LogP contribution in [0.25, 0.3) is 0 Å². The molecule has 106 valence electrons. The predicted molar refractivity (Wildman–Crippen MR) is 90.0 cm³/mol. The molecule has 2 aromatic carbocycles. The fourth-order valence-corrected chi connectivity index (χ4v) is 3.05. The SMILES string of the molecule is Cc1cc(C)c(CC(C)(N)c2ccc(Br)cc2)c(C)c1. The van der Waals surface area contributed by atoms with E-state index in [4.69, 9.17) is 5.73 Å². The summed E-state index contributed by atoms with van der Waals surface area (Å²) in [5, 5.41) is 0. The molecule has 0 bridgehead atoms. The Bertz CT molecular complexity index is 589. The highest BCUT2D eigenvalue weighted by Crippen LogP contribution is 2.28. The molecule has 20 heavy (non-hydrogen) atoms. The Morgan fingerprint density at radius 2 is 1.50 bits per heavy atom. The third-order valence-corrected chi connectivity index (χ3v) is 4.42. The van der Waals surface area contributed by atoms with Crippen molar-refractivity contribution in [2.75, 3.05) is 0 Å². The smallest absolute Gasteiger partial charge is 0.0422 e. The molecule has 1 unspecified atom stereocenters. The highest BCUT2D eigenvalue weighted by molar-refractivity contribution is 9.10. The van der Waals surface area contributed by atoms with Gasteiger partial charge in [-0.25, -0.2) is 0 Å². The van der Waals surface area contributed by atoms with Crippen LogP contribution in [0.4, 0.5) is 0 Å². The van der Waals surface area contributed by atoms with Crippen LogP contribution in [0.2, 0.25) is 0 Å². The minimum atomic E-state index is -0.356. The molecule has 0 heterocycles. The quantitative estimate of drug-likeness (QED) is 0.859. The molecular formula is C18H22BrN. The van der Waals surface area contributed by atoms with Crippen LogP contribution in [-0.2, 0) is 12.0 Å². The molecule has 2 heteroatoms. The lowest BCUT2D eigenvalue weighted by Gasteiger charge is -2.27. The minimum absolute atomic E-state index is 0.356. The van der Waals surface area contributed by atoms with Crippen LogP contribution in [0.15, 0.2) is 40.9 Å². The molecule has 0 radical (unpaired) electrons. The van der Waals surface area contributed by atoms with Crippen molar-refractivity contribution in [2.45, 2.75) is 39.7 Å². The van der Waals surface area contributed by atoms with Crippen molar-refractivity contribution in [3.63, 3.8) is 0 Å². The normalized spacial score (nSPS) is 14.1. The van der Waals surface area contributed by atoms with Gasteiger partial charge in [-0.15, -0.1) is 0 Å². The van der Waals surface area contributed by atoms with Gasteiger partial charge in [0, 0.05) is 10.0 Å². The highest BCUT2D eigenvalue weighted by Gasteiger charge is 2.23. The molecule has 0 saturated heterocycles. The molecule has 0 aliphatic rings. The van der Waals surface area contributed by atoms with Gasteiger partial charge in [0.25, 0.3) is 0 Å². The summed E-state index contributed by atoms with van der Waals surface area (Å²) in [5.74, 6) is 0. The Labute approximate surface area is 130 Å². The van der Waals surface area contributed by atoms with Gasteiger partial charge in [0.15, 0.2) is 0 Å². The molecule has 2 N–H and O–H groups in total. The first kappa shape index (κ1) is 15.3. The van der Waals surface area contributed by atoms with E-state index in [1.54, 1.807) is 0 Å². The lowest BCUT2D eigenvalue weighted by Crippen LogP contribution is -2.36. The molecule has 0 saturated carbocycles. The van der Waals surface area contributed by atoms with E-state index >= 15 is 0 Å². The van der Waals surface area contributed by atoms with Gasteiger partial charge in [0.05, 0.1) is 0 Å². The number of hydrogen-bond acceptors (Lipinski definition) is 1. The first-order valence-electron chi connectivity index (χ1n) is 6.91. The van der Waals surface area contributed by atoms with E-state index < -0.39 is 0 Å². The fourth-order valence-electron chi connectivity index (χ4n) is 2.79. The largest absolute Gasteiger partial charge is 0.321 e. The number of rotatable bonds is 3. The van der Waals surface area contributed by atoms with Gasteiger partial charge in [-0.3, -0.25) is 0 Å². The zero-order chi connectivity index (χ0) is 14.9. The molecule has 0 aliphatic heterocycles. The average molecular weight is 332 g/mol. The molecule has 0 spiro atoms. The second kappa shape index (κ2) is 5.71. The van der Waals surface area contributed by atoms with Crippen LogP contribution in [-0.4, -0.2) is 0 Å². The van der Waals surface area contributed by atoms with Crippen LogP contribution >= 0.6 is 15.9 Å². The number of benzene rings is 2. The van der Waals surface area contributed by atoms with Gasteiger partial charge in [-0.1, -0.05) is 45.8 Å². The van der Waals surface area contributed by atoms with E-state index in [0.29, 0.717) is 0 Å². The predicted octanol–water partition coefficient (Wildman–Crippen LogP) is 4.79. The summed E-state index contributed by atoms with van der Waals surface area (Å²) in [6.45, 7) is 8.59. The molecule has 2 aromatic rings. The highest BCUT2D eigenvalue weighted by atomic mass is 79.9. The van der Waals surface area contributed by atoms with E-state index in [1.807, 2.05) is 0 Å². The summed E-state index contributed by atoms with van der Waals surface area (Å²) in [6.07, 6.45) is 0.854. The number of nitrogens with two attached hydrogens (primary N) is 1. The molecule has 0 fully saturated rings. The monoisotopic (exact) mass is 331 g/mol. The Kier molecular flexibility index (Phi) is 4.36. The molecule has 1 nitrogen and oxygen atoms in total. The third-order valence-electron chi connectivity index (χ3n) is 3.89. The lowest BCUT2D eigenvalue weighted by atomic mass is 9.83. The summed E-state index contributed by atoms with van der Waals surface area (Å²) >= 11 is 3.47. The maximum atomic E-state index is 6.58. The van der Waals surface area contributed by atoms with Crippen molar-refractivity contribution in [1.29, 1.82) is 0 Å². The maximum absolute atomic E-state index is 6.58. The Hall–Kier alpha value is -1.12. The fraction of sp³-hybridized carbons (Fsp3) is 0.333. The van der Waals surface area contributed by atoms with E-state index in [-0.39, 0.29) is 5.54 Å². The summed E-state index contributed by atoms with van der Waals surface area (Å²) in [5.41, 5.74) is 12.7. The van der Waals surface area contributed by atoms with Crippen LogP contribution in [0.5, 0.6) is 0 Å². The zero-order valence-electron chi connectivity index (χ0n) is 12.6. The minimum Gasteiger partial charge on any atom is -0.321 e. The van der Waals surface area contributed by atoms with Crippen molar-refractivity contribution in [2.24, 2.45) is 5.73 Å². The summed E-state index contributed by atoms with van der Waals surface area (Å²) in [7, 11) is 0. The van der Waals surface area contributed by atoms with Gasteiger partial charge in [0.1, 0.15) is 0 Å². The standard InChI is InChI=1S/C18H22BrN/c1-12-9-13(2)17(14(3)10-12)11-18(4,20)15-5-7-16(19)8-6-15/h5-10H,11,20H2,1-4H3. The molecule has 0 aliphatic carbocycles. The number of hydrogen-bond donors (Lipinski definition) is 1. The second-order valence-corrected chi connectivity index (χ2v) is 6.89. The van der Waals surface area contributed by atoms with Crippen LogP contribution in [0, 0.1) is 20.8 Å². The van der Waals surface area contributed by atoms with Crippen molar-refractivity contribution in [1.82, 2.24) is 0 Å². The molecule has 0 aromatic heterocycles. The first-order valence-corrected chi connectivity index (χ1v) is 7.70. The van der Waals surface area contributed by atoms with Crippen molar-refractivity contribution in [3.8, 4) is 0 Å². The van der Waals surface area contributed by atoms with Crippen LogP contribution in [0.3, 0.4) is 0 Å². The average Bonchev–Trinajstić information content (AvgIpc) is 2.34. The van der Waals surface area contributed by atoms with Gasteiger partial charge < -0.3 is 5.73 Å². The van der Waals surface area contributed by atoms with Crippen molar-refractivity contribution >= 4 is 15.9 Å². The zero-order valence-corrected chi connectivity index (χ0v) is 14.2. The van der Waals surface area contributed by atoms with Gasteiger partial charge >= 0.3 is 0 Å². The molecule has 1 atom stereocenters. The lowest BCUT2D eigenvalue weighted by molar-refractivity contribution is 0.489. The van der Waals surface area contributed by atoms with Gasteiger partial charge in [-0.05, 0) is 68.5 Å². The Balaban J connectivity index is 2.35. The first-order chi connectivity index (χ1) is 9.29. The van der Waals surface area contributed by atoms with E-state index in [0.717, 1.165) is 10.9 Å². The maximum Gasteiger partial charge on any atom is 0.0422 e. The number of aryl methyl sites for hydroxylation is 3. The summed E-state index contributed by atoms with van der Waals surface area (Å²) in [6, 6.07) is 12.8. The van der Waals surface area contributed by atoms with E-state index in [9.17, 15) is 0 Å². The topological polar surface area (TPSA) is 26.0 Å². The second-order valence-electron chi connectivity index (χ2n) is 5.98. The van der Waals surface area contributed by atoms with E-state index in [2.05, 4.69) is 80.0 Å². The summed E-state index contributed by atoms with van der Waals surface area (Å²) in [4.78, 5) is 0. The molecule has 2 rings (SSSR count). The summed E-state index contributed by atoms with van der Waals surface area (Å²) < 4.78 is 1.08. The Morgan fingerprint density at radius 3 is 2.00 bits per heavy atom. The van der Waals surface area contributed by atoms with Gasteiger partial charge in [-0.2, -0.15) is 0 Å². The van der Waals surface area contributed by atoms with Gasteiger partial charge in [0.2, 0.25) is 0 Å². The van der Waals surface area contributed by atoms with Crippen molar-refractivity contribution in [3.05, 3.63) is 68.7 Å².